The summed E-state index contributed by atoms with van der Waals surface area (Å²) < 4.78 is 5.47. The molecule has 0 saturated carbocycles. The van der Waals surface area contributed by atoms with Gasteiger partial charge in [-0.05, 0) is 25.3 Å². The van der Waals surface area contributed by atoms with E-state index in [0.717, 1.165) is 13.0 Å². The Kier molecular flexibility index (Phi) is 5.19. The van der Waals surface area contributed by atoms with Crippen molar-refractivity contribution in [3.05, 3.63) is 0 Å². The van der Waals surface area contributed by atoms with Crippen LogP contribution in [0.1, 0.15) is 26.7 Å². The lowest BCUT2D eigenvalue weighted by Crippen LogP contribution is -2.51. The normalized spacial score (nSPS) is 35.6. The number of nitrogens with one attached hydrogen (secondary N) is 1. The van der Waals surface area contributed by atoms with E-state index in [0.29, 0.717) is 32.7 Å². The Morgan fingerprint density at radius 1 is 1.47 bits per heavy atom. The van der Waals surface area contributed by atoms with Gasteiger partial charge >= 0.3 is 0 Å². The third-order valence-electron chi connectivity index (χ3n) is 4.23. The molecule has 0 spiro atoms. The molecule has 0 aliphatic carbocycles. The van der Waals surface area contributed by atoms with Gasteiger partial charge in [0.2, 0.25) is 5.91 Å². The highest BCUT2D eigenvalue weighted by atomic mass is 16.5. The summed E-state index contributed by atoms with van der Waals surface area (Å²) >= 11 is 0. The quantitative estimate of drug-likeness (QED) is 0.768. The predicted molar refractivity (Wildman–Crippen MR) is 72.8 cm³/mol. The molecule has 19 heavy (non-hydrogen) atoms. The van der Waals surface area contributed by atoms with Gasteiger partial charge in [0.25, 0.3) is 0 Å². The first-order valence-electron chi connectivity index (χ1n) is 7.41. The maximum atomic E-state index is 12.6. The molecule has 0 radical (unpaired) electrons. The second kappa shape index (κ2) is 6.68. The van der Waals surface area contributed by atoms with Crippen LogP contribution < -0.4 is 5.32 Å². The van der Waals surface area contributed by atoms with E-state index in [1.807, 2.05) is 11.8 Å². The minimum absolute atomic E-state index is 0.0611. The summed E-state index contributed by atoms with van der Waals surface area (Å²) in [7, 11) is 0. The lowest BCUT2D eigenvalue weighted by molar-refractivity contribution is -0.139. The van der Waals surface area contributed by atoms with E-state index < -0.39 is 0 Å². The molecule has 0 aromatic carbocycles. The number of carbonyl (C=O) groups excluding carboxylic acids is 1. The smallest absolute Gasteiger partial charge is 0.229 e. The van der Waals surface area contributed by atoms with Gasteiger partial charge in [-0.1, -0.05) is 13.8 Å². The Morgan fingerprint density at radius 3 is 2.95 bits per heavy atom. The van der Waals surface area contributed by atoms with E-state index in [1.54, 1.807) is 0 Å². The number of rotatable bonds is 4. The van der Waals surface area contributed by atoms with Crippen molar-refractivity contribution in [1.29, 1.82) is 0 Å². The first-order chi connectivity index (χ1) is 9.13. The zero-order valence-corrected chi connectivity index (χ0v) is 12.0. The number of nitrogens with zero attached hydrogens (tertiary/aromatic N) is 1. The van der Waals surface area contributed by atoms with Crippen LogP contribution in [0.2, 0.25) is 0 Å². The van der Waals surface area contributed by atoms with Gasteiger partial charge in [-0.25, -0.2) is 0 Å². The van der Waals surface area contributed by atoms with Gasteiger partial charge in [-0.15, -0.1) is 0 Å². The van der Waals surface area contributed by atoms with Crippen LogP contribution in [-0.2, 0) is 9.53 Å². The molecule has 1 amide bonds. The van der Waals surface area contributed by atoms with Crippen molar-refractivity contribution in [3.63, 3.8) is 0 Å². The number of carbonyl (C=O) groups is 1. The van der Waals surface area contributed by atoms with Gasteiger partial charge in [-0.2, -0.15) is 0 Å². The second-order valence-corrected chi connectivity index (χ2v) is 5.82. The lowest BCUT2D eigenvalue weighted by atomic mass is 9.94. The molecule has 2 heterocycles. The van der Waals surface area contributed by atoms with Crippen LogP contribution in [0.4, 0.5) is 0 Å². The molecule has 4 atom stereocenters. The Morgan fingerprint density at radius 2 is 2.26 bits per heavy atom. The van der Waals surface area contributed by atoms with Crippen molar-refractivity contribution < 1.29 is 14.6 Å². The van der Waals surface area contributed by atoms with Gasteiger partial charge in [0.1, 0.15) is 0 Å². The van der Waals surface area contributed by atoms with Gasteiger partial charge in [0.05, 0.1) is 25.2 Å². The van der Waals surface area contributed by atoms with E-state index in [-0.39, 0.29) is 29.9 Å². The summed E-state index contributed by atoms with van der Waals surface area (Å²) in [6.45, 7) is 7.52. The monoisotopic (exact) mass is 270 g/mol. The Labute approximate surface area is 115 Å². The summed E-state index contributed by atoms with van der Waals surface area (Å²) in [5, 5.41) is 13.1. The average Bonchev–Trinajstić information content (AvgIpc) is 2.87. The molecule has 2 aliphatic heterocycles. The number of likely N-dealkylation sites (tertiary alicyclic amines) is 1. The molecule has 0 aromatic heterocycles. The van der Waals surface area contributed by atoms with Crippen LogP contribution in [-0.4, -0.2) is 60.9 Å². The fraction of sp³-hybridized carbons (Fsp3) is 0.929. The van der Waals surface area contributed by atoms with Crippen LogP contribution in [0.5, 0.6) is 0 Å². The van der Waals surface area contributed by atoms with E-state index in [2.05, 4.69) is 12.2 Å². The van der Waals surface area contributed by atoms with Crippen molar-refractivity contribution in [2.24, 2.45) is 11.8 Å². The number of ether oxygens (including phenoxy) is 1. The molecule has 5 heteroatoms. The summed E-state index contributed by atoms with van der Waals surface area (Å²) in [6.07, 6.45) is 1.48. The summed E-state index contributed by atoms with van der Waals surface area (Å²) in [6, 6.07) is 0.148. The molecule has 2 rings (SSSR count). The van der Waals surface area contributed by atoms with Crippen LogP contribution in [0.25, 0.3) is 0 Å². The molecule has 0 bridgehead atoms. The Bertz CT molecular complexity index is 311. The molecule has 0 aromatic rings. The standard InChI is InChI=1S/C14H26N2O3/c1-3-5-15-12-9-19-8-11(12)14(18)16-6-4-13(17)10(2)7-16/h10-13,15,17H,3-9H2,1-2H3. The van der Waals surface area contributed by atoms with Gasteiger partial charge in [0, 0.05) is 19.1 Å². The zero-order valence-electron chi connectivity index (χ0n) is 12.0. The molecule has 4 unspecified atom stereocenters. The highest BCUT2D eigenvalue weighted by molar-refractivity contribution is 5.80. The summed E-state index contributed by atoms with van der Waals surface area (Å²) in [5.74, 6) is 0.293. The van der Waals surface area contributed by atoms with Crippen molar-refractivity contribution in [2.45, 2.75) is 38.8 Å². The van der Waals surface area contributed by atoms with E-state index >= 15 is 0 Å². The maximum absolute atomic E-state index is 12.6. The van der Waals surface area contributed by atoms with Crippen LogP contribution >= 0.6 is 0 Å². The van der Waals surface area contributed by atoms with Crippen LogP contribution in [0, 0.1) is 11.8 Å². The van der Waals surface area contributed by atoms with E-state index in [9.17, 15) is 9.90 Å². The molecule has 2 N–H and O–H groups in total. The summed E-state index contributed by atoms with van der Waals surface area (Å²) in [5.41, 5.74) is 0. The summed E-state index contributed by atoms with van der Waals surface area (Å²) in [4.78, 5) is 14.5. The van der Waals surface area contributed by atoms with Crippen LogP contribution in [0.15, 0.2) is 0 Å². The predicted octanol–water partition coefficient (Wildman–Crippen LogP) is 0.230. The van der Waals surface area contributed by atoms with Crippen molar-refractivity contribution in [2.75, 3.05) is 32.8 Å². The number of piperidine rings is 1. The zero-order chi connectivity index (χ0) is 13.8. The number of hydrogen-bond acceptors (Lipinski definition) is 4. The van der Waals surface area contributed by atoms with E-state index in [4.69, 9.17) is 4.74 Å². The highest BCUT2D eigenvalue weighted by Crippen LogP contribution is 2.22. The fourth-order valence-corrected chi connectivity index (χ4v) is 2.90. The molecular weight excluding hydrogens is 244 g/mol. The fourth-order valence-electron chi connectivity index (χ4n) is 2.90. The Balaban J connectivity index is 1.91. The number of hydrogen-bond donors (Lipinski definition) is 2. The highest BCUT2D eigenvalue weighted by Gasteiger charge is 2.38. The largest absolute Gasteiger partial charge is 0.393 e. The molecule has 2 saturated heterocycles. The van der Waals surface area contributed by atoms with Crippen molar-refractivity contribution >= 4 is 5.91 Å². The maximum Gasteiger partial charge on any atom is 0.229 e. The number of amides is 1. The van der Waals surface area contributed by atoms with Crippen molar-refractivity contribution in [3.8, 4) is 0 Å². The van der Waals surface area contributed by atoms with Crippen LogP contribution in [0.3, 0.4) is 0 Å². The lowest BCUT2D eigenvalue weighted by Gasteiger charge is -2.36. The minimum atomic E-state index is -0.266. The van der Waals surface area contributed by atoms with Crippen molar-refractivity contribution in [1.82, 2.24) is 10.2 Å². The van der Waals surface area contributed by atoms with Gasteiger partial charge < -0.3 is 20.1 Å². The third kappa shape index (κ3) is 3.46. The third-order valence-corrected chi connectivity index (χ3v) is 4.23. The number of aliphatic hydroxyl groups excluding tert-OH is 1. The average molecular weight is 270 g/mol. The molecule has 110 valence electrons. The molecule has 5 nitrogen and oxygen atoms in total. The second-order valence-electron chi connectivity index (χ2n) is 5.82. The molecule has 2 aliphatic rings. The van der Waals surface area contributed by atoms with E-state index in [1.165, 1.54) is 0 Å². The first kappa shape index (κ1) is 14.8. The molecular formula is C14H26N2O3. The SMILES string of the molecule is CCCNC1COCC1C(=O)N1CCC(O)C(C)C1. The minimum Gasteiger partial charge on any atom is -0.393 e. The molecule has 2 fully saturated rings. The first-order valence-corrected chi connectivity index (χ1v) is 7.41. The Hall–Kier alpha value is -0.650. The number of aliphatic hydroxyl groups is 1. The topological polar surface area (TPSA) is 61.8 Å². The van der Waals surface area contributed by atoms with Gasteiger partial charge in [-0.3, -0.25) is 4.79 Å². The van der Waals surface area contributed by atoms with Gasteiger partial charge in [0.15, 0.2) is 0 Å².